The Hall–Kier alpha value is -2.33. The molecule has 0 fully saturated rings. The van der Waals surface area contributed by atoms with Crippen molar-refractivity contribution in [1.29, 1.82) is 0 Å². The molecule has 5 rings (SSSR count). The average Bonchev–Trinajstić information content (AvgIpc) is 2.96. The predicted molar refractivity (Wildman–Crippen MR) is 107 cm³/mol. The first-order valence-corrected chi connectivity index (χ1v) is 9.94. The van der Waals surface area contributed by atoms with E-state index in [1.54, 1.807) is 18.4 Å². The van der Waals surface area contributed by atoms with Crippen molar-refractivity contribution in [1.82, 2.24) is 9.47 Å². The van der Waals surface area contributed by atoms with E-state index < -0.39 is 0 Å². The summed E-state index contributed by atoms with van der Waals surface area (Å²) in [6.07, 6.45) is 4.42. The highest BCUT2D eigenvalue weighted by Gasteiger charge is 2.30. The molecule has 0 bridgehead atoms. The molecule has 0 spiro atoms. The predicted octanol–water partition coefficient (Wildman–Crippen LogP) is 2.93. The lowest BCUT2D eigenvalue weighted by Crippen LogP contribution is -2.43. The van der Waals surface area contributed by atoms with E-state index in [2.05, 4.69) is 60.8 Å². The number of pyridine rings is 1. The molecule has 2 aliphatic heterocycles. The molecule has 140 valence electrons. The van der Waals surface area contributed by atoms with Crippen LogP contribution in [0, 0.1) is 13.8 Å². The Balaban J connectivity index is 1.65. The number of aromatic nitrogens is 2. The van der Waals surface area contributed by atoms with Gasteiger partial charge in [-0.25, -0.2) is 0 Å². The summed E-state index contributed by atoms with van der Waals surface area (Å²) in [5.41, 5.74) is 9.97. The van der Waals surface area contributed by atoms with E-state index in [1.165, 1.54) is 27.6 Å². The van der Waals surface area contributed by atoms with Crippen LogP contribution in [0.25, 0.3) is 10.9 Å². The fourth-order valence-electron chi connectivity index (χ4n) is 5.10. The van der Waals surface area contributed by atoms with Gasteiger partial charge in [-0.15, -0.1) is 0 Å². The van der Waals surface area contributed by atoms with Gasteiger partial charge in [0.2, 0.25) is 11.9 Å². The van der Waals surface area contributed by atoms with Crippen LogP contribution in [0.15, 0.2) is 30.5 Å². The molecule has 4 heteroatoms. The van der Waals surface area contributed by atoms with Gasteiger partial charge < -0.3 is 9.47 Å². The Morgan fingerprint density at radius 3 is 2.85 bits per heavy atom. The summed E-state index contributed by atoms with van der Waals surface area (Å²) in [5, 5.41) is 1.49. The topological polar surface area (TPSA) is 21.3 Å². The van der Waals surface area contributed by atoms with Crippen molar-refractivity contribution in [2.75, 3.05) is 20.7 Å². The second kappa shape index (κ2) is 6.10. The fraction of sp³-hybridized carbons (Fsp3) is 0.435. The molecule has 0 aliphatic carbocycles. The first-order chi connectivity index (χ1) is 13.0. The van der Waals surface area contributed by atoms with Gasteiger partial charge in [0, 0.05) is 66.3 Å². The van der Waals surface area contributed by atoms with Gasteiger partial charge in [-0.3, -0.25) is 4.84 Å². The average molecular weight is 362 g/mol. The highest BCUT2D eigenvalue weighted by molar-refractivity contribution is 5.90. The Morgan fingerprint density at radius 2 is 2.04 bits per heavy atom. The molecule has 0 amide bonds. The number of likely N-dealkylation sites (N-methyl/N-ethyl adjacent to an activating group) is 1. The zero-order chi connectivity index (χ0) is 18.7. The molecule has 4 nitrogen and oxygen atoms in total. The molecule has 4 heterocycles. The molecule has 0 radical (unpaired) electrons. The molecular formula is C23H28N3O+. The maximum Gasteiger partial charge on any atom is 0.231 e. The first-order valence-electron chi connectivity index (χ1n) is 9.94. The number of aryl methyl sites for hydroxylation is 2. The zero-order valence-corrected chi connectivity index (χ0v) is 16.7. The van der Waals surface area contributed by atoms with Crippen LogP contribution < -0.4 is 9.57 Å². The van der Waals surface area contributed by atoms with Gasteiger partial charge >= 0.3 is 0 Å². The standard InChI is InChI=1S/C23H28N3O/c1-15-9-18-11-19(17-6-5-16(2)26(13-17)27-4)12-25-22-7-8-24(3)14-21(22)20(10-15)23(18)25/h5-6,9-10,13,19H,7-8,11-12,14H2,1-4H3/q+1. The van der Waals surface area contributed by atoms with Crippen LogP contribution in [0.1, 0.15) is 39.6 Å². The lowest BCUT2D eigenvalue weighted by molar-refractivity contribution is -0.889. The van der Waals surface area contributed by atoms with Gasteiger partial charge in [-0.2, -0.15) is 0 Å². The van der Waals surface area contributed by atoms with Crippen LogP contribution in [-0.2, 0) is 25.9 Å². The summed E-state index contributed by atoms with van der Waals surface area (Å²) >= 11 is 0. The van der Waals surface area contributed by atoms with Crippen molar-refractivity contribution in [2.24, 2.45) is 0 Å². The van der Waals surface area contributed by atoms with Crippen LogP contribution in [0.5, 0.6) is 0 Å². The molecular weight excluding hydrogens is 334 g/mol. The maximum atomic E-state index is 5.51. The number of hydrogen-bond acceptors (Lipinski definition) is 2. The number of benzene rings is 1. The highest BCUT2D eigenvalue weighted by Crippen LogP contribution is 2.40. The normalized spacial score (nSPS) is 19.3. The van der Waals surface area contributed by atoms with E-state index in [4.69, 9.17) is 4.84 Å². The van der Waals surface area contributed by atoms with Gasteiger partial charge in [0.05, 0.1) is 5.52 Å². The van der Waals surface area contributed by atoms with Gasteiger partial charge in [0.15, 0.2) is 0 Å². The molecule has 2 aliphatic rings. The number of nitrogens with zero attached hydrogens (tertiary/aromatic N) is 3. The van der Waals surface area contributed by atoms with Gasteiger partial charge in [-0.1, -0.05) is 11.6 Å². The second-order valence-corrected chi connectivity index (χ2v) is 8.36. The molecule has 2 aromatic heterocycles. The Bertz CT molecular complexity index is 1050. The van der Waals surface area contributed by atoms with E-state index in [0.29, 0.717) is 5.92 Å². The zero-order valence-electron chi connectivity index (χ0n) is 16.7. The monoisotopic (exact) mass is 362 g/mol. The van der Waals surface area contributed by atoms with Crippen molar-refractivity contribution in [3.63, 3.8) is 0 Å². The van der Waals surface area contributed by atoms with Crippen molar-refractivity contribution >= 4 is 10.9 Å². The third-order valence-corrected chi connectivity index (χ3v) is 6.43. The van der Waals surface area contributed by atoms with Gasteiger partial charge in [-0.05, 0) is 43.7 Å². The molecule has 3 aromatic rings. The summed E-state index contributed by atoms with van der Waals surface area (Å²) in [7, 11) is 3.97. The van der Waals surface area contributed by atoms with Crippen molar-refractivity contribution in [3.8, 4) is 0 Å². The second-order valence-electron chi connectivity index (χ2n) is 8.36. The molecule has 1 atom stereocenters. The molecule has 0 saturated heterocycles. The smallest absolute Gasteiger partial charge is 0.231 e. The van der Waals surface area contributed by atoms with Gasteiger partial charge in [0.25, 0.3) is 0 Å². The minimum atomic E-state index is 0.487. The first kappa shape index (κ1) is 16.8. The van der Waals surface area contributed by atoms with E-state index in [9.17, 15) is 0 Å². The molecule has 0 N–H and O–H groups in total. The summed E-state index contributed by atoms with van der Waals surface area (Å²) in [5.74, 6) is 0.487. The van der Waals surface area contributed by atoms with Crippen molar-refractivity contribution in [3.05, 3.63) is 64.1 Å². The Labute approximate surface area is 160 Å². The number of rotatable bonds is 2. The van der Waals surface area contributed by atoms with E-state index in [0.717, 1.165) is 38.2 Å². The Morgan fingerprint density at radius 1 is 1.19 bits per heavy atom. The van der Waals surface area contributed by atoms with E-state index >= 15 is 0 Å². The minimum Gasteiger partial charge on any atom is -0.343 e. The van der Waals surface area contributed by atoms with Crippen LogP contribution in [-0.4, -0.2) is 30.2 Å². The molecule has 1 unspecified atom stereocenters. The van der Waals surface area contributed by atoms with Crippen molar-refractivity contribution in [2.45, 2.75) is 45.7 Å². The highest BCUT2D eigenvalue weighted by atomic mass is 16.6. The lowest BCUT2D eigenvalue weighted by atomic mass is 9.88. The molecule has 0 saturated carbocycles. The number of fused-ring (bicyclic) bond motifs is 3. The number of hydrogen-bond donors (Lipinski definition) is 0. The summed E-state index contributed by atoms with van der Waals surface area (Å²) in [6.45, 7) is 7.60. The quantitative estimate of drug-likeness (QED) is 0.654. The fourth-order valence-corrected chi connectivity index (χ4v) is 5.10. The lowest BCUT2D eigenvalue weighted by Gasteiger charge is -2.28. The van der Waals surface area contributed by atoms with Crippen LogP contribution in [0.3, 0.4) is 0 Å². The Kier molecular flexibility index (Phi) is 3.80. The third-order valence-electron chi connectivity index (χ3n) is 6.43. The van der Waals surface area contributed by atoms with Crippen LogP contribution >= 0.6 is 0 Å². The van der Waals surface area contributed by atoms with Crippen molar-refractivity contribution < 1.29 is 9.57 Å². The maximum absolute atomic E-state index is 5.51. The minimum absolute atomic E-state index is 0.487. The SMILES string of the molecule is CO[n+]1cc(C2Cc3cc(C)cc4c5c(n(c34)C2)CCN(C)C5)ccc1C. The van der Waals surface area contributed by atoms with Crippen LogP contribution in [0.2, 0.25) is 0 Å². The third kappa shape index (κ3) is 2.58. The largest absolute Gasteiger partial charge is 0.343 e. The summed E-state index contributed by atoms with van der Waals surface area (Å²) < 4.78 is 4.52. The van der Waals surface area contributed by atoms with Crippen LogP contribution in [0.4, 0.5) is 0 Å². The van der Waals surface area contributed by atoms with E-state index in [-0.39, 0.29) is 0 Å². The molecule has 27 heavy (non-hydrogen) atoms. The van der Waals surface area contributed by atoms with Gasteiger partial charge in [0.1, 0.15) is 7.11 Å². The van der Waals surface area contributed by atoms with E-state index in [1.807, 2.05) is 4.73 Å². The molecule has 1 aromatic carbocycles. The summed E-state index contributed by atoms with van der Waals surface area (Å²) in [6, 6.07) is 9.24. The summed E-state index contributed by atoms with van der Waals surface area (Å²) in [4.78, 5) is 7.96.